The maximum Gasteiger partial charge on any atom is 0.251 e. The van der Waals surface area contributed by atoms with Crippen molar-refractivity contribution in [3.05, 3.63) is 46.6 Å². The number of morpholine rings is 1. The highest BCUT2D eigenvalue weighted by molar-refractivity contribution is 7.98. The molecular formula is C24H33N5O2S. The highest BCUT2D eigenvalue weighted by Gasteiger charge is 2.18. The summed E-state index contributed by atoms with van der Waals surface area (Å²) in [6.07, 6.45) is 2.47. The van der Waals surface area contributed by atoms with Gasteiger partial charge in [0.05, 0.1) is 13.2 Å². The van der Waals surface area contributed by atoms with Crippen LogP contribution in [0.5, 0.6) is 0 Å². The molecule has 1 aromatic heterocycles. The van der Waals surface area contributed by atoms with Gasteiger partial charge in [0, 0.05) is 61.8 Å². The van der Waals surface area contributed by atoms with Crippen LogP contribution in [-0.2, 0) is 10.5 Å². The molecule has 1 amide bonds. The van der Waals surface area contributed by atoms with Crippen LogP contribution >= 0.6 is 11.8 Å². The molecule has 2 fully saturated rings. The van der Waals surface area contributed by atoms with Gasteiger partial charge >= 0.3 is 0 Å². The van der Waals surface area contributed by atoms with Gasteiger partial charge in [-0.2, -0.15) is 0 Å². The molecule has 0 bridgehead atoms. The lowest BCUT2D eigenvalue weighted by atomic mass is 10.1. The van der Waals surface area contributed by atoms with E-state index < -0.39 is 0 Å². The quantitative estimate of drug-likeness (QED) is 0.485. The zero-order valence-electron chi connectivity index (χ0n) is 19.1. The SMILES string of the molecule is Cc1nc(SCc2ccc(C(=O)NCCN3CCOCC3)cc2)nc(N2CCCC2)c1C. The minimum Gasteiger partial charge on any atom is -0.379 e. The second kappa shape index (κ2) is 11.1. The minimum absolute atomic E-state index is 0.0230. The standard InChI is InChI=1S/C24H33N5O2S/c1-18-19(2)26-24(27-22(18)29-10-3-4-11-29)32-17-20-5-7-21(8-6-20)23(30)25-9-12-28-13-15-31-16-14-28/h5-8H,3-4,9-17H2,1-2H3,(H,25,30). The first-order valence-corrected chi connectivity index (χ1v) is 12.5. The highest BCUT2D eigenvalue weighted by atomic mass is 32.2. The van der Waals surface area contributed by atoms with Gasteiger partial charge in [0.1, 0.15) is 5.82 Å². The fraction of sp³-hybridized carbons (Fsp3) is 0.542. The van der Waals surface area contributed by atoms with Crippen molar-refractivity contribution in [3.8, 4) is 0 Å². The van der Waals surface area contributed by atoms with Crippen molar-refractivity contribution in [3.63, 3.8) is 0 Å². The zero-order chi connectivity index (χ0) is 22.3. The van der Waals surface area contributed by atoms with Gasteiger partial charge < -0.3 is 15.0 Å². The van der Waals surface area contributed by atoms with Crippen LogP contribution in [0.2, 0.25) is 0 Å². The van der Waals surface area contributed by atoms with Crippen LogP contribution in [0.4, 0.5) is 5.82 Å². The molecule has 0 radical (unpaired) electrons. The van der Waals surface area contributed by atoms with Crippen LogP contribution in [0.1, 0.15) is 40.0 Å². The van der Waals surface area contributed by atoms with Crippen LogP contribution in [-0.4, -0.2) is 73.3 Å². The number of nitrogens with zero attached hydrogens (tertiary/aromatic N) is 4. The number of aromatic nitrogens is 2. The Balaban J connectivity index is 1.28. The van der Waals surface area contributed by atoms with E-state index in [2.05, 4.69) is 33.9 Å². The highest BCUT2D eigenvalue weighted by Crippen LogP contribution is 2.28. The first kappa shape index (κ1) is 23.0. The van der Waals surface area contributed by atoms with E-state index in [1.54, 1.807) is 11.8 Å². The van der Waals surface area contributed by atoms with Gasteiger partial charge in [-0.05, 0) is 44.4 Å². The number of benzene rings is 1. The molecule has 1 N–H and O–H groups in total. The van der Waals surface area contributed by atoms with E-state index in [9.17, 15) is 4.79 Å². The summed E-state index contributed by atoms with van der Waals surface area (Å²) in [7, 11) is 0. The number of amides is 1. The van der Waals surface area contributed by atoms with Crippen LogP contribution < -0.4 is 10.2 Å². The molecule has 7 nitrogen and oxygen atoms in total. The Bertz CT molecular complexity index is 909. The smallest absolute Gasteiger partial charge is 0.251 e. The van der Waals surface area contributed by atoms with Crippen molar-refractivity contribution < 1.29 is 9.53 Å². The summed E-state index contributed by atoms with van der Waals surface area (Å²) in [6, 6.07) is 7.84. The summed E-state index contributed by atoms with van der Waals surface area (Å²) in [5.41, 5.74) is 4.08. The number of hydrogen-bond donors (Lipinski definition) is 1. The Morgan fingerprint density at radius 1 is 1.06 bits per heavy atom. The van der Waals surface area contributed by atoms with Crippen molar-refractivity contribution in [2.45, 2.75) is 37.6 Å². The molecular weight excluding hydrogens is 422 g/mol. The summed E-state index contributed by atoms with van der Waals surface area (Å²) >= 11 is 1.65. The van der Waals surface area contributed by atoms with E-state index in [0.29, 0.717) is 12.1 Å². The molecule has 1 aromatic carbocycles. The summed E-state index contributed by atoms with van der Waals surface area (Å²) in [5, 5.41) is 3.84. The van der Waals surface area contributed by atoms with Gasteiger partial charge in [0.2, 0.25) is 0 Å². The van der Waals surface area contributed by atoms with Crippen molar-refractivity contribution in [1.82, 2.24) is 20.2 Å². The molecule has 4 rings (SSSR count). The molecule has 2 aliphatic rings. The maximum absolute atomic E-state index is 12.4. The molecule has 0 spiro atoms. The molecule has 32 heavy (non-hydrogen) atoms. The third-order valence-corrected chi connectivity index (χ3v) is 7.07. The van der Waals surface area contributed by atoms with Gasteiger partial charge in [-0.3, -0.25) is 9.69 Å². The number of ether oxygens (including phenoxy) is 1. The lowest BCUT2D eigenvalue weighted by molar-refractivity contribution is 0.0383. The number of thioether (sulfide) groups is 1. The van der Waals surface area contributed by atoms with Gasteiger partial charge in [0.15, 0.2) is 5.16 Å². The average Bonchev–Trinajstić information content (AvgIpc) is 3.35. The average molecular weight is 456 g/mol. The Kier molecular flexibility index (Phi) is 8.00. The number of carbonyl (C=O) groups is 1. The molecule has 3 heterocycles. The number of carbonyl (C=O) groups excluding carboxylic acids is 1. The molecule has 0 aliphatic carbocycles. The van der Waals surface area contributed by atoms with Gasteiger partial charge in [-0.25, -0.2) is 9.97 Å². The van der Waals surface area contributed by atoms with E-state index in [1.807, 2.05) is 24.3 Å². The van der Waals surface area contributed by atoms with Gasteiger partial charge in [-0.1, -0.05) is 23.9 Å². The van der Waals surface area contributed by atoms with Crippen molar-refractivity contribution in [2.75, 3.05) is 57.4 Å². The minimum atomic E-state index is -0.0230. The lowest BCUT2D eigenvalue weighted by Crippen LogP contribution is -2.41. The molecule has 2 aromatic rings. The fourth-order valence-electron chi connectivity index (χ4n) is 4.04. The number of nitrogens with one attached hydrogen (secondary N) is 1. The van der Waals surface area contributed by atoms with Crippen LogP contribution in [0.25, 0.3) is 0 Å². The first-order chi connectivity index (χ1) is 15.6. The Hall–Kier alpha value is -2.16. The third-order valence-electron chi connectivity index (χ3n) is 6.15. The fourth-order valence-corrected chi connectivity index (χ4v) is 4.89. The number of anilines is 1. The predicted octanol–water partition coefficient (Wildman–Crippen LogP) is 3.05. The van der Waals surface area contributed by atoms with Crippen molar-refractivity contribution >= 4 is 23.5 Å². The van der Waals surface area contributed by atoms with Crippen molar-refractivity contribution in [2.24, 2.45) is 0 Å². The van der Waals surface area contributed by atoms with E-state index >= 15 is 0 Å². The van der Waals surface area contributed by atoms with E-state index in [1.165, 1.54) is 18.4 Å². The topological polar surface area (TPSA) is 70.6 Å². The largest absolute Gasteiger partial charge is 0.379 e. The molecule has 2 aliphatic heterocycles. The molecule has 0 unspecified atom stereocenters. The molecule has 172 valence electrons. The summed E-state index contributed by atoms with van der Waals surface area (Å²) < 4.78 is 5.35. The molecule has 2 saturated heterocycles. The number of aryl methyl sites for hydroxylation is 1. The van der Waals surface area contributed by atoms with Gasteiger partial charge in [0.25, 0.3) is 5.91 Å². The Morgan fingerprint density at radius 3 is 2.50 bits per heavy atom. The number of rotatable bonds is 8. The Morgan fingerprint density at radius 2 is 1.78 bits per heavy atom. The predicted molar refractivity (Wildman–Crippen MR) is 129 cm³/mol. The summed E-state index contributed by atoms with van der Waals surface area (Å²) in [5.74, 6) is 1.84. The third kappa shape index (κ3) is 5.99. The second-order valence-corrected chi connectivity index (χ2v) is 9.37. The van der Waals surface area contributed by atoms with Crippen LogP contribution in [0, 0.1) is 13.8 Å². The van der Waals surface area contributed by atoms with Crippen molar-refractivity contribution in [1.29, 1.82) is 0 Å². The maximum atomic E-state index is 12.4. The van der Waals surface area contributed by atoms with Crippen LogP contribution in [0.3, 0.4) is 0 Å². The van der Waals surface area contributed by atoms with Crippen LogP contribution in [0.15, 0.2) is 29.4 Å². The molecule has 0 atom stereocenters. The van der Waals surface area contributed by atoms with E-state index in [-0.39, 0.29) is 5.91 Å². The second-order valence-electron chi connectivity index (χ2n) is 8.43. The molecule has 8 heteroatoms. The van der Waals surface area contributed by atoms with E-state index in [4.69, 9.17) is 9.72 Å². The monoisotopic (exact) mass is 455 g/mol. The van der Waals surface area contributed by atoms with Gasteiger partial charge in [-0.15, -0.1) is 0 Å². The molecule has 0 saturated carbocycles. The Labute approximate surface area is 194 Å². The normalized spacial score (nSPS) is 17.0. The summed E-state index contributed by atoms with van der Waals surface area (Å²) in [6.45, 7) is 11.3. The zero-order valence-corrected chi connectivity index (χ0v) is 19.9. The summed E-state index contributed by atoms with van der Waals surface area (Å²) in [4.78, 5) is 26.7. The van der Waals surface area contributed by atoms with E-state index in [0.717, 1.165) is 73.9 Å². The lowest BCUT2D eigenvalue weighted by Gasteiger charge is -2.26. The first-order valence-electron chi connectivity index (χ1n) is 11.5. The number of hydrogen-bond acceptors (Lipinski definition) is 7.